The molecule has 0 spiro atoms. The Morgan fingerprint density at radius 1 is 0.750 bits per heavy atom. The van der Waals surface area contributed by atoms with Crippen LogP contribution in [0.5, 0.6) is 0 Å². The fourth-order valence-corrected chi connectivity index (χ4v) is 1.44. The number of rotatable bonds is 0. The van der Waals surface area contributed by atoms with E-state index in [1.807, 2.05) is 0 Å². The molecule has 0 atom stereocenters. The molecule has 0 aromatic carbocycles. The molecular weight excluding hydrogens is 144 g/mol. The maximum absolute atomic E-state index is 3.35. The summed E-state index contributed by atoms with van der Waals surface area (Å²) in [6.45, 7) is 0. The lowest BCUT2D eigenvalue weighted by Gasteiger charge is -1.97. The van der Waals surface area contributed by atoms with Crippen LogP contribution in [0.4, 0.5) is 0 Å². The zero-order chi connectivity index (χ0) is 8.49. The Morgan fingerprint density at radius 2 is 1.42 bits per heavy atom. The molecule has 1 aliphatic rings. The third kappa shape index (κ3) is 5.17. The van der Waals surface area contributed by atoms with Crippen LogP contribution in [0.3, 0.4) is 0 Å². The highest BCUT2D eigenvalue weighted by molar-refractivity contribution is 4.83. The largest absolute Gasteiger partial charge is 0.0885 e. The van der Waals surface area contributed by atoms with E-state index in [9.17, 15) is 0 Å². The Kier molecular flexibility index (Phi) is 5.70. The monoisotopic (exact) mass is 163 g/mol. The lowest BCUT2D eigenvalue weighted by molar-refractivity contribution is 0.724. The molecule has 0 fully saturated rings. The van der Waals surface area contributed by atoms with Crippen molar-refractivity contribution in [3.8, 4) is 0 Å². The molecule has 12 heavy (non-hydrogen) atoms. The fourth-order valence-electron chi connectivity index (χ4n) is 1.44. The minimum atomic E-state index is 1.16. The van der Waals surface area contributed by atoms with E-state index < -0.39 is 0 Å². The second-order valence-electron chi connectivity index (χ2n) is 3.41. The van der Waals surface area contributed by atoms with Crippen molar-refractivity contribution in [2.75, 3.05) is 0 Å². The average molecular weight is 163 g/mol. The highest BCUT2D eigenvalue weighted by atomic mass is 13.9. The van der Waals surface area contributed by atoms with Gasteiger partial charge in [0.05, 0.1) is 0 Å². The molecule has 0 saturated heterocycles. The first kappa shape index (κ1) is 9.57. The van der Waals surface area contributed by atoms with Crippen LogP contribution in [0.15, 0.2) is 18.2 Å². The normalized spacial score (nSPS) is 26.7. The molecule has 0 unspecified atom stereocenters. The predicted molar refractivity (Wildman–Crippen MR) is 53.9 cm³/mol. The van der Waals surface area contributed by atoms with Gasteiger partial charge in [0.2, 0.25) is 0 Å². The van der Waals surface area contributed by atoms with Gasteiger partial charge in [0.25, 0.3) is 0 Å². The lowest BCUT2D eigenvalue weighted by Crippen LogP contribution is -1.77. The van der Waals surface area contributed by atoms with E-state index in [0.717, 1.165) is 6.42 Å². The minimum Gasteiger partial charge on any atom is -0.0885 e. The van der Waals surface area contributed by atoms with Gasteiger partial charge in [-0.1, -0.05) is 18.2 Å². The van der Waals surface area contributed by atoms with E-state index in [0.29, 0.717) is 0 Å². The Bertz CT molecular complexity index is 108. The predicted octanol–water partition coefficient (Wildman–Crippen LogP) is 4.04. The smallest absolute Gasteiger partial charge is 0.0279 e. The topological polar surface area (TPSA) is 0 Å². The van der Waals surface area contributed by atoms with E-state index in [-0.39, 0.29) is 0 Å². The first-order valence-corrected chi connectivity index (χ1v) is 5.20. The van der Waals surface area contributed by atoms with Gasteiger partial charge in [-0.2, -0.15) is 0 Å². The minimum absolute atomic E-state index is 1.16. The van der Waals surface area contributed by atoms with Gasteiger partial charge in [-0.25, -0.2) is 0 Å². The molecule has 0 heterocycles. The maximum atomic E-state index is 3.35. The Labute approximate surface area is 76.4 Å². The molecule has 1 radical (unpaired) electrons. The molecule has 67 valence electrons. The van der Waals surface area contributed by atoms with Crippen LogP contribution < -0.4 is 0 Å². The molecule has 0 nitrogen and oxygen atoms in total. The van der Waals surface area contributed by atoms with Crippen molar-refractivity contribution in [1.82, 2.24) is 0 Å². The Morgan fingerprint density at radius 3 is 2.25 bits per heavy atom. The number of hydrogen-bond acceptors (Lipinski definition) is 0. The molecule has 0 N–H and O–H groups in total. The Hall–Kier alpha value is -0.520. The van der Waals surface area contributed by atoms with Crippen LogP contribution in [-0.4, -0.2) is 0 Å². The molecule has 0 aliphatic heterocycles. The second-order valence-corrected chi connectivity index (χ2v) is 3.41. The standard InChI is InChI=1S/C12H19/c1-2-4-6-8-10-12-11-9-7-5-3-1/h1-2,11H,3-10H2/b2-1-,12-11?. The zero-order valence-corrected chi connectivity index (χ0v) is 7.89. The molecular formula is C12H19. The molecule has 0 saturated carbocycles. The summed E-state index contributed by atoms with van der Waals surface area (Å²) < 4.78 is 0. The van der Waals surface area contributed by atoms with Crippen molar-refractivity contribution >= 4 is 0 Å². The van der Waals surface area contributed by atoms with Gasteiger partial charge in [0.1, 0.15) is 0 Å². The summed E-state index contributed by atoms with van der Waals surface area (Å²) >= 11 is 0. The van der Waals surface area contributed by atoms with E-state index in [2.05, 4.69) is 24.3 Å². The summed E-state index contributed by atoms with van der Waals surface area (Å²) in [6.07, 6.45) is 20.5. The molecule has 1 aliphatic carbocycles. The van der Waals surface area contributed by atoms with E-state index in [4.69, 9.17) is 0 Å². The van der Waals surface area contributed by atoms with Gasteiger partial charge in [-0.15, -0.1) is 0 Å². The van der Waals surface area contributed by atoms with Crippen LogP contribution in [-0.2, 0) is 0 Å². The third-order valence-corrected chi connectivity index (χ3v) is 2.22. The van der Waals surface area contributed by atoms with Gasteiger partial charge < -0.3 is 0 Å². The van der Waals surface area contributed by atoms with E-state index in [1.165, 1.54) is 44.9 Å². The fraction of sp³-hybridized carbons (Fsp3) is 0.667. The third-order valence-electron chi connectivity index (χ3n) is 2.22. The molecule has 0 aromatic rings. The zero-order valence-electron chi connectivity index (χ0n) is 7.89. The van der Waals surface area contributed by atoms with E-state index >= 15 is 0 Å². The van der Waals surface area contributed by atoms with E-state index in [1.54, 1.807) is 0 Å². The van der Waals surface area contributed by atoms with Gasteiger partial charge in [-0.05, 0) is 57.4 Å². The average Bonchev–Trinajstić information content (AvgIpc) is 2.05. The maximum Gasteiger partial charge on any atom is -0.0279 e. The highest BCUT2D eigenvalue weighted by Gasteiger charge is 1.88. The van der Waals surface area contributed by atoms with Gasteiger partial charge >= 0.3 is 0 Å². The lowest BCUT2D eigenvalue weighted by atomic mass is 10.1. The number of hydrogen-bond donors (Lipinski definition) is 0. The molecule has 1 rings (SSSR count). The second kappa shape index (κ2) is 7.15. The highest BCUT2D eigenvalue weighted by Crippen LogP contribution is 2.07. The van der Waals surface area contributed by atoms with Crippen LogP contribution in [0.2, 0.25) is 0 Å². The molecule has 0 amide bonds. The van der Waals surface area contributed by atoms with Crippen molar-refractivity contribution in [2.24, 2.45) is 0 Å². The molecule has 0 aromatic heterocycles. The van der Waals surface area contributed by atoms with Crippen LogP contribution in [0, 0.1) is 6.08 Å². The van der Waals surface area contributed by atoms with Crippen molar-refractivity contribution in [2.45, 2.75) is 51.4 Å². The van der Waals surface area contributed by atoms with Crippen LogP contribution in [0.25, 0.3) is 0 Å². The summed E-state index contributed by atoms with van der Waals surface area (Å²) in [5.41, 5.74) is 0. The van der Waals surface area contributed by atoms with Crippen molar-refractivity contribution in [3.05, 3.63) is 24.3 Å². The summed E-state index contributed by atoms with van der Waals surface area (Å²) in [6, 6.07) is 0. The van der Waals surface area contributed by atoms with Crippen molar-refractivity contribution in [3.63, 3.8) is 0 Å². The first-order valence-electron chi connectivity index (χ1n) is 5.20. The van der Waals surface area contributed by atoms with Gasteiger partial charge in [0.15, 0.2) is 0 Å². The van der Waals surface area contributed by atoms with Gasteiger partial charge in [-0.3, -0.25) is 0 Å². The Balaban J connectivity index is 2.18. The van der Waals surface area contributed by atoms with Crippen LogP contribution in [0.1, 0.15) is 51.4 Å². The van der Waals surface area contributed by atoms with Crippen molar-refractivity contribution in [1.29, 1.82) is 0 Å². The first-order chi connectivity index (χ1) is 6.00. The van der Waals surface area contributed by atoms with Gasteiger partial charge in [0, 0.05) is 0 Å². The molecule has 0 bridgehead atoms. The number of allylic oxidation sites excluding steroid dienone is 4. The van der Waals surface area contributed by atoms with Crippen LogP contribution >= 0.6 is 0 Å². The quantitative estimate of drug-likeness (QED) is 0.473. The molecule has 0 heteroatoms. The summed E-state index contributed by atoms with van der Waals surface area (Å²) in [5.74, 6) is 0. The summed E-state index contributed by atoms with van der Waals surface area (Å²) in [5, 5.41) is 0. The summed E-state index contributed by atoms with van der Waals surface area (Å²) in [4.78, 5) is 0. The SMILES string of the molecule is [C]1=C/CCCC/C=C\CCCC/1. The summed E-state index contributed by atoms with van der Waals surface area (Å²) in [7, 11) is 0. The van der Waals surface area contributed by atoms with Crippen molar-refractivity contribution < 1.29 is 0 Å².